The summed E-state index contributed by atoms with van der Waals surface area (Å²) in [6.45, 7) is 6.89. The Morgan fingerprint density at radius 1 is 1.05 bits per heavy atom. The topological polar surface area (TPSA) is 40.5 Å². The summed E-state index contributed by atoms with van der Waals surface area (Å²) in [6, 6.07) is 15.5. The number of carbonyl (C=O) groups is 1. The van der Waals surface area contributed by atoms with Crippen LogP contribution in [0.5, 0.6) is 0 Å². The van der Waals surface area contributed by atoms with Crippen LogP contribution in [0.15, 0.2) is 48.5 Å². The van der Waals surface area contributed by atoms with Crippen molar-refractivity contribution in [1.82, 2.24) is 4.90 Å². The van der Waals surface area contributed by atoms with E-state index in [0.29, 0.717) is 5.56 Å². The molecule has 0 aromatic heterocycles. The molecule has 1 N–H and O–H groups in total. The van der Waals surface area contributed by atoms with Crippen LogP contribution in [0, 0.1) is 0 Å². The van der Waals surface area contributed by atoms with Gasteiger partial charge in [-0.05, 0) is 41.9 Å². The lowest BCUT2D eigenvalue weighted by atomic mass is 9.97. The van der Waals surface area contributed by atoms with Gasteiger partial charge in [0, 0.05) is 6.54 Å². The normalized spacial score (nSPS) is 10.8. The van der Waals surface area contributed by atoms with Crippen molar-refractivity contribution < 1.29 is 9.90 Å². The fourth-order valence-electron chi connectivity index (χ4n) is 2.45. The van der Waals surface area contributed by atoms with Crippen molar-refractivity contribution in [1.29, 1.82) is 0 Å². The molecule has 2 aromatic rings. The molecule has 21 heavy (non-hydrogen) atoms. The van der Waals surface area contributed by atoms with E-state index in [9.17, 15) is 9.90 Å². The summed E-state index contributed by atoms with van der Waals surface area (Å²) in [4.78, 5) is 13.5. The third-order valence-corrected chi connectivity index (χ3v) is 3.73. The zero-order chi connectivity index (χ0) is 15.2. The van der Waals surface area contributed by atoms with Crippen molar-refractivity contribution in [3.63, 3.8) is 0 Å². The zero-order valence-corrected chi connectivity index (χ0v) is 12.5. The van der Waals surface area contributed by atoms with Gasteiger partial charge in [0.05, 0.1) is 5.56 Å². The van der Waals surface area contributed by atoms with Gasteiger partial charge in [-0.25, -0.2) is 4.79 Å². The standard InChI is InChI=1S/C18H21NO2/c1-3-19(4-2)13-16-12-15(18(20)21)10-11-17(16)14-8-6-5-7-9-14/h5-12H,3-4,13H2,1-2H3,(H,20,21). The van der Waals surface area contributed by atoms with Crippen LogP contribution in [-0.2, 0) is 6.54 Å². The van der Waals surface area contributed by atoms with Gasteiger partial charge in [-0.2, -0.15) is 0 Å². The molecule has 2 aromatic carbocycles. The highest BCUT2D eigenvalue weighted by Crippen LogP contribution is 2.26. The number of nitrogens with zero attached hydrogens (tertiary/aromatic N) is 1. The van der Waals surface area contributed by atoms with Gasteiger partial charge in [0.15, 0.2) is 0 Å². The minimum absolute atomic E-state index is 0.344. The van der Waals surface area contributed by atoms with Gasteiger partial charge >= 0.3 is 5.97 Å². The van der Waals surface area contributed by atoms with E-state index >= 15 is 0 Å². The second-order valence-corrected chi connectivity index (χ2v) is 5.00. The van der Waals surface area contributed by atoms with E-state index in [1.807, 2.05) is 24.3 Å². The van der Waals surface area contributed by atoms with Gasteiger partial charge in [0.2, 0.25) is 0 Å². The average Bonchev–Trinajstić information content (AvgIpc) is 2.53. The maximum absolute atomic E-state index is 11.2. The first-order valence-electron chi connectivity index (χ1n) is 7.29. The van der Waals surface area contributed by atoms with E-state index in [4.69, 9.17) is 0 Å². The highest BCUT2D eigenvalue weighted by atomic mass is 16.4. The molecule has 0 spiro atoms. The summed E-state index contributed by atoms with van der Waals surface area (Å²) >= 11 is 0. The summed E-state index contributed by atoms with van der Waals surface area (Å²) in [6.07, 6.45) is 0. The minimum Gasteiger partial charge on any atom is -0.478 e. The Balaban J connectivity index is 2.46. The number of hydrogen-bond acceptors (Lipinski definition) is 2. The van der Waals surface area contributed by atoms with Crippen molar-refractivity contribution in [3.05, 3.63) is 59.7 Å². The first-order chi connectivity index (χ1) is 10.2. The molecular weight excluding hydrogens is 262 g/mol. The number of rotatable bonds is 6. The second-order valence-electron chi connectivity index (χ2n) is 5.00. The summed E-state index contributed by atoms with van der Waals surface area (Å²) in [7, 11) is 0. The molecule has 3 heteroatoms. The molecule has 0 saturated carbocycles. The number of benzene rings is 2. The Labute approximate surface area is 125 Å². The molecule has 0 aliphatic heterocycles. The molecule has 0 amide bonds. The van der Waals surface area contributed by atoms with E-state index in [0.717, 1.165) is 36.3 Å². The third kappa shape index (κ3) is 3.70. The second kappa shape index (κ2) is 7.04. The molecule has 0 aliphatic rings. The molecule has 2 rings (SSSR count). The van der Waals surface area contributed by atoms with Gasteiger partial charge < -0.3 is 5.11 Å². The van der Waals surface area contributed by atoms with Crippen LogP contribution in [0.2, 0.25) is 0 Å². The van der Waals surface area contributed by atoms with Gasteiger partial charge in [0.1, 0.15) is 0 Å². The van der Waals surface area contributed by atoms with Crippen LogP contribution in [-0.4, -0.2) is 29.1 Å². The van der Waals surface area contributed by atoms with Crippen molar-refractivity contribution in [3.8, 4) is 11.1 Å². The predicted molar refractivity (Wildman–Crippen MR) is 85.5 cm³/mol. The van der Waals surface area contributed by atoms with E-state index in [1.54, 1.807) is 12.1 Å². The molecule has 110 valence electrons. The quantitative estimate of drug-likeness (QED) is 0.874. The maximum atomic E-state index is 11.2. The Morgan fingerprint density at radius 2 is 1.71 bits per heavy atom. The van der Waals surface area contributed by atoms with E-state index in [-0.39, 0.29) is 0 Å². The number of aromatic carboxylic acids is 1. The van der Waals surface area contributed by atoms with Gasteiger partial charge in [-0.15, -0.1) is 0 Å². The lowest BCUT2D eigenvalue weighted by Crippen LogP contribution is -2.22. The largest absolute Gasteiger partial charge is 0.478 e. The highest BCUT2D eigenvalue weighted by Gasteiger charge is 2.12. The van der Waals surface area contributed by atoms with Crippen molar-refractivity contribution >= 4 is 5.97 Å². The van der Waals surface area contributed by atoms with E-state index < -0.39 is 5.97 Å². The van der Waals surface area contributed by atoms with Crippen LogP contribution in [0.3, 0.4) is 0 Å². The zero-order valence-electron chi connectivity index (χ0n) is 12.5. The summed E-state index contributed by atoms with van der Waals surface area (Å²) < 4.78 is 0. The van der Waals surface area contributed by atoms with E-state index in [2.05, 4.69) is 30.9 Å². The molecule has 0 heterocycles. The molecular formula is C18H21NO2. The highest BCUT2D eigenvalue weighted by molar-refractivity contribution is 5.89. The van der Waals surface area contributed by atoms with Crippen LogP contribution >= 0.6 is 0 Å². The molecule has 0 aliphatic carbocycles. The van der Waals surface area contributed by atoms with Crippen molar-refractivity contribution in [2.24, 2.45) is 0 Å². The maximum Gasteiger partial charge on any atom is 0.335 e. The smallest absolute Gasteiger partial charge is 0.335 e. The fraction of sp³-hybridized carbons (Fsp3) is 0.278. The Morgan fingerprint density at radius 3 is 2.29 bits per heavy atom. The van der Waals surface area contributed by atoms with Crippen LogP contribution in [0.1, 0.15) is 29.8 Å². The lowest BCUT2D eigenvalue weighted by molar-refractivity contribution is 0.0696. The predicted octanol–water partition coefficient (Wildman–Crippen LogP) is 3.89. The Kier molecular flexibility index (Phi) is 5.12. The number of carboxylic acids is 1. The van der Waals surface area contributed by atoms with Crippen LogP contribution < -0.4 is 0 Å². The van der Waals surface area contributed by atoms with Crippen molar-refractivity contribution in [2.75, 3.05) is 13.1 Å². The van der Waals surface area contributed by atoms with Crippen molar-refractivity contribution in [2.45, 2.75) is 20.4 Å². The van der Waals surface area contributed by atoms with Gasteiger partial charge in [-0.1, -0.05) is 50.2 Å². The lowest BCUT2D eigenvalue weighted by Gasteiger charge is -2.20. The third-order valence-electron chi connectivity index (χ3n) is 3.73. The minimum atomic E-state index is -0.879. The average molecular weight is 283 g/mol. The van der Waals surface area contributed by atoms with Gasteiger partial charge in [-0.3, -0.25) is 4.90 Å². The molecule has 0 bridgehead atoms. The van der Waals surface area contributed by atoms with E-state index in [1.165, 1.54) is 0 Å². The fourth-order valence-corrected chi connectivity index (χ4v) is 2.45. The molecule has 0 unspecified atom stereocenters. The van der Waals surface area contributed by atoms with Crippen LogP contribution in [0.25, 0.3) is 11.1 Å². The molecule has 0 atom stereocenters. The molecule has 0 saturated heterocycles. The molecule has 0 radical (unpaired) electrons. The molecule has 3 nitrogen and oxygen atoms in total. The Hall–Kier alpha value is -2.13. The number of hydrogen-bond donors (Lipinski definition) is 1. The summed E-state index contributed by atoms with van der Waals surface area (Å²) in [5.41, 5.74) is 3.63. The first kappa shape index (κ1) is 15.3. The SMILES string of the molecule is CCN(CC)Cc1cc(C(=O)O)ccc1-c1ccccc1. The Bertz CT molecular complexity index is 604. The molecule has 0 fully saturated rings. The van der Waals surface area contributed by atoms with Gasteiger partial charge in [0.25, 0.3) is 0 Å². The summed E-state index contributed by atoms with van der Waals surface area (Å²) in [5, 5.41) is 9.21. The first-order valence-corrected chi connectivity index (χ1v) is 7.29. The number of carboxylic acid groups (broad SMARTS) is 1. The summed E-state index contributed by atoms with van der Waals surface area (Å²) in [5.74, 6) is -0.879. The monoisotopic (exact) mass is 283 g/mol. The van der Waals surface area contributed by atoms with Crippen LogP contribution in [0.4, 0.5) is 0 Å².